The van der Waals surface area contributed by atoms with Crippen molar-refractivity contribution in [2.24, 2.45) is 0 Å². The average Bonchev–Trinajstić information content (AvgIpc) is 2.76. The van der Waals surface area contributed by atoms with Gasteiger partial charge in [0.25, 0.3) is 0 Å². The van der Waals surface area contributed by atoms with E-state index in [1.807, 2.05) is 6.07 Å². The molecule has 2 rings (SSSR count). The first-order chi connectivity index (χ1) is 6.78. The second-order valence-corrected chi connectivity index (χ2v) is 3.53. The van der Waals surface area contributed by atoms with Crippen LogP contribution >= 0.6 is 11.5 Å². The van der Waals surface area contributed by atoms with Crippen LogP contribution in [-0.4, -0.2) is 26.2 Å². The molecule has 0 spiro atoms. The maximum Gasteiger partial charge on any atom is 0.239 e. The van der Waals surface area contributed by atoms with Crippen molar-refractivity contribution in [3.63, 3.8) is 0 Å². The molecule has 2 aromatic rings. The molecular weight excluding hydrogens is 202 g/mol. The van der Waals surface area contributed by atoms with E-state index in [0.717, 1.165) is 4.88 Å². The van der Waals surface area contributed by atoms with Crippen molar-refractivity contribution >= 4 is 17.5 Å². The van der Waals surface area contributed by atoms with Gasteiger partial charge < -0.3 is 10.5 Å². The molecule has 0 radical (unpaired) electrons. The Morgan fingerprint density at radius 2 is 2.50 bits per heavy atom. The fraction of sp³-hybridized carbons (Fsp3) is 0.286. The third-order valence-corrected chi connectivity index (χ3v) is 2.37. The van der Waals surface area contributed by atoms with Crippen LogP contribution in [-0.2, 0) is 6.54 Å². The highest BCUT2D eigenvalue weighted by Crippen LogP contribution is 2.16. The molecule has 0 aliphatic rings. The summed E-state index contributed by atoms with van der Waals surface area (Å²) in [5.74, 6) is 0.902. The first-order valence-electron chi connectivity index (χ1n) is 3.92. The zero-order chi connectivity index (χ0) is 9.97. The predicted molar refractivity (Wildman–Crippen MR) is 52.2 cm³/mol. The van der Waals surface area contributed by atoms with E-state index >= 15 is 0 Å². The maximum absolute atomic E-state index is 5.38. The molecule has 7 heteroatoms. The van der Waals surface area contributed by atoms with Crippen molar-refractivity contribution in [3.05, 3.63) is 17.3 Å². The summed E-state index contributed by atoms with van der Waals surface area (Å²) in [5, 5.41) is 3.96. The van der Waals surface area contributed by atoms with Crippen LogP contribution in [0.25, 0.3) is 0 Å². The standard InChI is InChI=1S/C7H9N5OS/c1-13-6-2-5(14-11-6)3-12-4-9-7(8)10-12/h2,4H,3H2,1H3,(H2,8,10). The van der Waals surface area contributed by atoms with Gasteiger partial charge in [0.2, 0.25) is 11.8 Å². The number of nitrogens with zero attached hydrogens (tertiary/aromatic N) is 4. The fourth-order valence-electron chi connectivity index (χ4n) is 1.01. The molecule has 0 amide bonds. The number of nitrogens with two attached hydrogens (primary N) is 1. The Morgan fingerprint density at radius 1 is 1.64 bits per heavy atom. The lowest BCUT2D eigenvalue weighted by Crippen LogP contribution is -1.99. The minimum Gasteiger partial charge on any atom is -0.480 e. The maximum atomic E-state index is 5.38. The topological polar surface area (TPSA) is 78.9 Å². The largest absolute Gasteiger partial charge is 0.480 e. The summed E-state index contributed by atoms with van der Waals surface area (Å²) in [6.07, 6.45) is 1.58. The van der Waals surface area contributed by atoms with Crippen molar-refractivity contribution in [2.75, 3.05) is 12.8 Å². The number of methoxy groups -OCH3 is 1. The molecule has 0 atom stereocenters. The van der Waals surface area contributed by atoms with Crippen LogP contribution in [0.2, 0.25) is 0 Å². The second-order valence-electron chi connectivity index (χ2n) is 2.64. The van der Waals surface area contributed by atoms with E-state index in [2.05, 4.69) is 14.5 Å². The highest BCUT2D eigenvalue weighted by Gasteiger charge is 2.03. The van der Waals surface area contributed by atoms with Crippen LogP contribution in [0.5, 0.6) is 5.88 Å². The molecule has 14 heavy (non-hydrogen) atoms. The Morgan fingerprint density at radius 3 is 3.07 bits per heavy atom. The van der Waals surface area contributed by atoms with Crippen LogP contribution in [0.1, 0.15) is 4.88 Å². The Balaban J connectivity index is 2.10. The third kappa shape index (κ3) is 1.82. The first-order valence-corrected chi connectivity index (χ1v) is 4.70. The second kappa shape index (κ2) is 3.62. The summed E-state index contributed by atoms with van der Waals surface area (Å²) in [4.78, 5) is 4.87. The zero-order valence-electron chi connectivity index (χ0n) is 7.54. The van der Waals surface area contributed by atoms with Crippen molar-refractivity contribution in [1.82, 2.24) is 19.1 Å². The van der Waals surface area contributed by atoms with E-state index in [1.165, 1.54) is 11.5 Å². The zero-order valence-corrected chi connectivity index (χ0v) is 8.36. The molecule has 0 aromatic carbocycles. The van der Waals surface area contributed by atoms with Gasteiger partial charge in [-0.2, -0.15) is 4.37 Å². The highest BCUT2D eigenvalue weighted by atomic mass is 32.1. The highest BCUT2D eigenvalue weighted by molar-refractivity contribution is 7.05. The summed E-state index contributed by atoms with van der Waals surface area (Å²) >= 11 is 1.37. The lowest BCUT2D eigenvalue weighted by molar-refractivity contribution is 0.402. The molecule has 6 nitrogen and oxygen atoms in total. The van der Waals surface area contributed by atoms with Crippen molar-refractivity contribution in [3.8, 4) is 5.88 Å². The number of hydrogen-bond donors (Lipinski definition) is 1. The van der Waals surface area contributed by atoms with E-state index in [1.54, 1.807) is 18.1 Å². The van der Waals surface area contributed by atoms with Crippen LogP contribution < -0.4 is 10.5 Å². The molecule has 2 heterocycles. The van der Waals surface area contributed by atoms with Crippen molar-refractivity contribution in [2.45, 2.75) is 6.54 Å². The molecule has 0 saturated carbocycles. The lowest BCUT2D eigenvalue weighted by Gasteiger charge is -1.94. The normalized spacial score (nSPS) is 10.4. The van der Waals surface area contributed by atoms with E-state index < -0.39 is 0 Å². The van der Waals surface area contributed by atoms with Gasteiger partial charge in [-0.1, -0.05) is 0 Å². The number of aromatic nitrogens is 4. The minimum absolute atomic E-state index is 0.279. The van der Waals surface area contributed by atoms with Gasteiger partial charge in [-0.3, -0.25) is 0 Å². The lowest BCUT2D eigenvalue weighted by atomic mass is 10.5. The SMILES string of the molecule is COc1cc(Cn2cnc(N)n2)sn1. The van der Waals surface area contributed by atoms with Gasteiger partial charge in [0.15, 0.2) is 0 Å². The van der Waals surface area contributed by atoms with Gasteiger partial charge in [0.1, 0.15) is 6.33 Å². The van der Waals surface area contributed by atoms with E-state index in [-0.39, 0.29) is 5.95 Å². The van der Waals surface area contributed by atoms with Gasteiger partial charge in [-0.25, -0.2) is 9.67 Å². The van der Waals surface area contributed by atoms with Gasteiger partial charge in [0.05, 0.1) is 18.5 Å². The molecule has 0 fully saturated rings. The Hall–Kier alpha value is -1.63. The number of hydrogen-bond acceptors (Lipinski definition) is 6. The van der Waals surface area contributed by atoms with Gasteiger partial charge in [0, 0.05) is 6.07 Å². The van der Waals surface area contributed by atoms with E-state index in [4.69, 9.17) is 10.5 Å². The number of nitrogen functional groups attached to an aromatic ring is 1. The fourth-order valence-corrected chi connectivity index (χ4v) is 1.69. The molecule has 0 aliphatic heterocycles. The Kier molecular flexibility index (Phi) is 2.32. The van der Waals surface area contributed by atoms with E-state index in [9.17, 15) is 0 Å². The summed E-state index contributed by atoms with van der Waals surface area (Å²) in [7, 11) is 1.59. The third-order valence-electron chi connectivity index (χ3n) is 1.62. The summed E-state index contributed by atoms with van der Waals surface area (Å²) in [6, 6.07) is 1.86. The smallest absolute Gasteiger partial charge is 0.239 e. The van der Waals surface area contributed by atoms with Crippen molar-refractivity contribution < 1.29 is 4.74 Å². The average molecular weight is 211 g/mol. The first kappa shape index (κ1) is 8.95. The molecule has 0 aliphatic carbocycles. The summed E-state index contributed by atoms with van der Waals surface area (Å²) < 4.78 is 10.7. The molecule has 0 bridgehead atoms. The number of anilines is 1. The minimum atomic E-state index is 0.279. The van der Waals surface area contributed by atoms with Crippen LogP contribution in [0.3, 0.4) is 0 Å². The van der Waals surface area contributed by atoms with Gasteiger partial charge >= 0.3 is 0 Å². The molecule has 2 N–H and O–H groups in total. The molecular formula is C7H9N5OS. The van der Waals surface area contributed by atoms with Crippen LogP contribution in [0.4, 0.5) is 5.95 Å². The number of ether oxygens (including phenoxy) is 1. The Labute approximate surface area is 84.5 Å². The monoisotopic (exact) mass is 211 g/mol. The number of rotatable bonds is 3. The quantitative estimate of drug-likeness (QED) is 0.793. The summed E-state index contributed by atoms with van der Waals surface area (Å²) in [5.41, 5.74) is 5.38. The molecule has 2 aromatic heterocycles. The molecule has 74 valence electrons. The van der Waals surface area contributed by atoms with Crippen molar-refractivity contribution in [1.29, 1.82) is 0 Å². The molecule has 0 unspecified atom stereocenters. The van der Waals surface area contributed by atoms with Gasteiger partial charge in [-0.05, 0) is 11.5 Å². The van der Waals surface area contributed by atoms with E-state index in [0.29, 0.717) is 12.4 Å². The summed E-state index contributed by atoms with van der Waals surface area (Å²) in [6.45, 7) is 0.616. The van der Waals surface area contributed by atoms with Crippen LogP contribution in [0, 0.1) is 0 Å². The Bertz CT molecular complexity index is 423. The molecule has 0 saturated heterocycles. The predicted octanol–water partition coefficient (Wildman–Crippen LogP) is 0.374. The van der Waals surface area contributed by atoms with Crippen LogP contribution in [0.15, 0.2) is 12.4 Å². The van der Waals surface area contributed by atoms with Gasteiger partial charge in [-0.15, -0.1) is 5.10 Å².